The summed E-state index contributed by atoms with van der Waals surface area (Å²) in [5.41, 5.74) is 19.9. The van der Waals surface area contributed by atoms with Crippen molar-refractivity contribution in [2.24, 2.45) is 5.92 Å². The van der Waals surface area contributed by atoms with Crippen LogP contribution in [0.5, 0.6) is 11.5 Å². The van der Waals surface area contributed by atoms with Crippen LogP contribution in [0.15, 0.2) is 168 Å². The standard InChI is InChI=1S/C32H39N3O9S.C27H29N3O6S.C24H32N4O5S.C24H31N3O5S/c1-22-30(45-21-34-22)24-7-5-23(6-8-24)19-33-31(39)28-18-26(36)20-35(28)32(40)25-3-2-4-27(17-25)44-16-15-43-14-13-42-12-11-41-10-9-29(37)38;1-17-25(37-16-29-17)19-9-7-18(8-10-19)14-28-26(34)23-13-21(31)15-30(23)27(35)20-4-2-5-22(12-20)36-11-3-6-24(32)33;1-15-22(34-14-26-15)18-7-5-17(6-8-18)12-25-23(31)20-11-19(29)13-28(20)24(32)16(2)27(3)21(30)9-10-33-4;1-15(10-19(28)8-9-32-3)24(31)27-13-20(29)11-21(27)23(30)25-12-17-4-6-18(7-5-17)22-16(2)26-14-33-22/h2-8,17,21,26,28,36H,9-16,18-20H2,1H3,(H,33,39)(H,37,38);2,4-5,7-10,12,16,21,23,31H,3,6,11,13-15H2,1H3,(H,28,34)(H,32,33);5-8,14,16,19-20,29H,9-13H2,1-4H3,(H,25,31);4-7,14-15,20-21,29H,8-13H2,1-3H3,(H,25,30)/t26-,28+;21-,23+;16-,19+,20-;15-,20-,21+/m1101/s1. The molecule has 38 nitrogen and oxygen atoms in total. The Hall–Kier alpha value is -13.1. The second-order valence-electron chi connectivity index (χ2n) is 36.3. The van der Waals surface area contributed by atoms with Crippen molar-refractivity contribution < 1.29 is 121 Å². The van der Waals surface area contributed by atoms with Gasteiger partial charge in [-0.1, -0.05) is 116 Å². The van der Waals surface area contributed by atoms with Crippen LogP contribution in [-0.2, 0) is 97.8 Å². The number of nitrogens with zero attached hydrogens (tertiary/aromatic N) is 9. The molecule has 4 fully saturated rings. The fourth-order valence-corrected chi connectivity index (χ4v) is 20.2. The van der Waals surface area contributed by atoms with E-state index < -0.39 is 72.5 Å². The van der Waals surface area contributed by atoms with E-state index in [1.54, 1.807) is 115 Å². The van der Waals surface area contributed by atoms with Gasteiger partial charge in [0.15, 0.2) is 0 Å². The number of hydrogen-bond donors (Lipinski definition) is 10. The van der Waals surface area contributed by atoms with Gasteiger partial charge in [0, 0.05) is 136 Å². The van der Waals surface area contributed by atoms with E-state index in [1.807, 2.05) is 147 Å². The minimum absolute atomic E-state index is 0.00297. The van der Waals surface area contributed by atoms with Gasteiger partial charge < -0.3 is 110 Å². The third kappa shape index (κ3) is 35.0. The molecule has 0 bridgehead atoms. The number of ether oxygens (including phenoxy) is 7. The smallest absolute Gasteiger partial charge is 0.305 e. The quantitative estimate of drug-likeness (QED) is 0.0158. The normalized spacial score (nSPS) is 17.5. The molecule has 9 amide bonds. The monoisotopic (exact) mass is 2130 g/mol. The third-order valence-electron chi connectivity index (χ3n) is 25.2. The summed E-state index contributed by atoms with van der Waals surface area (Å²) in [6.45, 7) is 15.6. The Balaban J connectivity index is 0.000000190. The molecule has 8 heterocycles. The number of rotatable bonds is 47. The van der Waals surface area contributed by atoms with E-state index in [0.717, 1.165) is 86.8 Å². The van der Waals surface area contributed by atoms with Crippen LogP contribution < -0.4 is 30.7 Å². The highest BCUT2D eigenvalue weighted by molar-refractivity contribution is 7.14. The van der Waals surface area contributed by atoms with E-state index in [9.17, 15) is 78.0 Å². The largest absolute Gasteiger partial charge is 0.494 e. The number of nitrogens with one attached hydrogen (secondary N) is 4. The van der Waals surface area contributed by atoms with Gasteiger partial charge in [-0.25, -0.2) is 19.9 Å². The minimum Gasteiger partial charge on any atom is -0.494 e. The van der Waals surface area contributed by atoms with E-state index in [0.29, 0.717) is 94.9 Å². The van der Waals surface area contributed by atoms with Gasteiger partial charge in [-0.05, 0) is 122 Å². The Kier molecular flexibility index (Phi) is 45.8. The molecular formula is C107H131N13O25S4. The lowest BCUT2D eigenvalue weighted by Crippen LogP contribution is -2.53. The summed E-state index contributed by atoms with van der Waals surface area (Å²) in [5.74, 6) is -4.38. The van der Waals surface area contributed by atoms with Crippen LogP contribution in [-0.4, -0.2) is 314 Å². The van der Waals surface area contributed by atoms with Crippen molar-refractivity contribution in [1.29, 1.82) is 0 Å². The molecule has 10 N–H and O–H groups in total. The first-order valence-corrected chi connectivity index (χ1v) is 52.6. The number of aryl methyl sites for hydroxylation is 4. The number of aliphatic hydroxyl groups excluding tert-OH is 4. The zero-order valence-electron chi connectivity index (χ0n) is 84.8. The second-order valence-corrected chi connectivity index (χ2v) is 39.7. The summed E-state index contributed by atoms with van der Waals surface area (Å²) in [4.78, 5) is 178. The number of carboxylic acid groups (broad SMARTS) is 2. The lowest BCUT2D eigenvalue weighted by molar-refractivity contribution is -0.147. The number of aliphatic hydroxyl groups is 4. The van der Waals surface area contributed by atoms with Crippen LogP contribution in [0, 0.1) is 33.6 Å². The van der Waals surface area contributed by atoms with Gasteiger partial charge in [-0.3, -0.25) is 57.5 Å². The summed E-state index contributed by atoms with van der Waals surface area (Å²) in [7, 11) is 4.58. The number of thiazole rings is 4. The molecule has 42 heteroatoms. The Morgan fingerprint density at radius 1 is 0.389 bits per heavy atom. The molecule has 10 atom stereocenters. The van der Waals surface area contributed by atoms with E-state index in [2.05, 4.69) is 41.2 Å². The fraction of sp³-hybridized carbons (Fsp3) is 0.439. The van der Waals surface area contributed by atoms with Gasteiger partial charge in [-0.2, -0.15) is 0 Å². The maximum absolute atomic E-state index is 13.4. The van der Waals surface area contributed by atoms with Crippen molar-refractivity contribution >= 4 is 116 Å². The molecule has 14 rings (SSSR count). The number of likely N-dealkylation sites (tertiary alicyclic amines) is 4. The number of amides is 9. The molecule has 0 aliphatic carbocycles. The first kappa shape index (κ1) is 116. The Morgan fingerprint density at radius 3 is 1.04 bits per heavy atom. The van der Waals surface area contributed by atoms with Crippen molar-refractivity contribution in [3.63, 3.8) is 0 Å². The number of likely N-dealkylation sites (N-methyl/N-ethyl adjacent to an activating group) is 1. The number of hydrogen-bond acceptors (Lipinski definition) is 31. The van der Waals surface area contributed by atoms with Crippen molar-refractivity contribution in [2.45, 2.75) is 187 Å². The molecule has 0 spiro atoms. The van der Waals surface area contributed by atoms with Crippen molar-refractivity contribution in [3.8, 4) is 53.3 Å². The average Bonchev–Trinajstić information content (AvgIpc) is 1.68. The van der Waals surface area contributed by atoms with Crippen LogP contribution >= 0.6 is 45.3 Å². The number of carboxylic acids is 2. The summed E-state index contributed by atoms with van der Waals surface area (Å²) >= 11 is 6.33. The molecule has 149 heavy (non-hydrogen) atoms. The van der Waals surface area contributed by atoms with E-state index in [-0.39, 0.29) is 169 Å². The fourth-order valence-electron chi connectivity index (χ4n) is 16.9. The van der Waals surface area contributed by atoms with Gasteiger partial charge in [0.2, 0.25) is 41.4 Å². The maximum Gasteiger partial charge on any atom is 0.305 e. The Bertz CT molecular complexity index is 6090. The molecule has 4 saturated heterocycles. The highest BCUT2D eigenvalue weighted by atomic mass is 32.1. The highest BCUT2D eigenvalue weighted by Gasteiger charge is 2.45. The highest BCUT2D eigenvalue weighted by Crippen LogP contribution is 2.35. The lowest BCUT2D eigenvalue weighted by Gasteiger charge is -2.31. The lowest BCUT2D eigenvalue weighted by atomic mass is 10.0. The maximum atomic E-state index is 13.4. The number of aliphatic carboxylic acids is 2. The third-order valence-corrected chi connectivity index (χ3v) is 29.1. The van der Waals surface area contributed by atoms with Gasteiger partial charge in [0.25, 0.3) is 11.8 Å². The van der Waals surface area contributed by atoms with Crippen LogP contribution in [0.4, 0.5) is 0 Å². The topological polar surface area (TPSA) is 507 Å². The average molecular weight is 2130 g/mol. The number of benzene rings is 6. The first-order valence-electron chi connectivity index (χ1n) is 49.1. The summed E-state index contributed by atoms with van der Waals surface area (Å²) < 4.78 is 37.1. The van der Waals surface area contributed by atoms with E-state index in [4.69, 9.17) is 43.4 Å². The summed E-state index contributed by atoms with van der Waals surface area (Å²) in [5, 5.41) is 69.7. The number of aromatic nitrogens is 4. The number of methoxy groups -OCH3 is 2. The molecule has 0 radical (unpaired) electrons. The number of carbonyl (C=O) groups is 12. The molecule has 798 valence electrons. The zero-order valence-corrected chi connectivity index (χ0v) is 88.1. The van der Waals surface area contributed by atoms with Crippen molar-refractivity contribution in [1.82, 2.24) is 65.7 Å². The molecule has 4 aliphatic rings. The molecule has 4 aromatic heterocycles. The predicted octanol–water partition coefficient (Wildman–Crippen LogP) is 10.1. The second kappa shape index (κ2) is 58.8. The zero-order chi connectivity index (χ0) is 107. The first-order chi connectivity index (χ1) is 71.6. The summed E-state index contributed by atoms with van der Waals surface area (Å²) in [6, 6.07) is 41.0. The molecule has 4 aliphatic heterocycles. The van der Waals surface area contributed by atoms with Crippen molar-refractivity contribution in [3.05, 3.63) is 224 Å². The van der Waals surface area contributed by atoms with Gasteiger partial charge >= 0.3 is 11.9 Å². The molecular weight excluding hydrogens is 2000 g/mol. The van der Waals surface area contributed by atoms with Crippen LogP contribution in [0.1, 0.15) is 144 Å². The van der Waals surface area contributed by atoms with Gasteiger partial charge in [0.1, 0.15) is 54.1 Å². The number of carbonyl (C=O) groups excluding carboxylic acids is 10. The number of ketones is 1. The van der Waals surface area contributed by atoms with Gasteiger partial charge in [-0.15, -0.1) is 45.3 Å². The van der Waals surface area contributed by atoms with Gasteiger partial charge in [0.05, 0.1) is 161 Å². The molecule has 6 aromatic carbocycles. The molecule has 10 aromatic rings. The predicted molar refractivity (Wildman–Crippen MR) is 559 cm³/mol. The Labute approximate surface area is 880 Å². The molecule has 0 unspecified atom stereocenters. The van der Waals surface area contributed by atoms with E-state index in [1.165, 1.54) is 38.7 Å². The molecule has 0 saturated carbocycles. The Morgan fingerprint density at radius 2 is 0.705 bits per heavy atom. The van der Waals surface area contributed by atoms with Crippen LogP contribution in [0.3, 0.4) is 0 Å². The summed E-state index contributed by atoms with van der Waals surface area (Å²) in [6.07, 6.45) is -1.65. The number of β-amino-alcohol motifs (C(OH)–C–C–N with tert-alkyl or cyclic N) is 4. The van der Waals surface area contributed by atoms with Crippen LogP contribution in [0.25, 0.3) is 41.8 Å². The van der Waals surface area contributed by atoms with Crippen molar-refractivity contribution in [2.75, 3.05) is 114 Å². The van der Waals surface area contributed by atoms with E-state index >= 15 is 0 Å². The van der Waals surface area contributed by atoms with Crippen LogP contribution in [0.2, 0.25) is 0 Å². The number of Topliss-reactive ketones (excluding diaryl/α,β-unsaturated/α-hetero) is 1. The minimum atomic E-state index is -0.901. The SMILES string of the molecule is COCCC(=O)C[C@@H](C)C(=O)N1C[C@H](O)C[C@H]1C(=O)NCc1ccc(-c2scnc2C)cc1.COCCC(=O)N(C)[C@@H](C)C(=O)N1C[C@H](O)C[C@H]1C(=O)NCc1ccc(-c2scnc2C)cc1.Cc1ncsc1-c1ccc(CNC(=O)[C@@H]2C[C@@H](O)CN2C(=O)c2cccc(OCCCC(=O)O)c2)cc1.Cc1ncsc1-c1ccc(CNC(=O)[C@@H]2C[C@@H](O)CN2C(=O)c2cccc(OCCOCCOCCOCCC(=O)O)c2)cc1.